The van der Waals surface area contributed by atoms with Crippen molar-refractivity contribution in [1.82, 2.24) is 10.2 Å². The average Bonchev–Trinajstić information content (AvgIpc) is 2.92. The Bertz CT molecular complexity index is 1360. The summed E-state index contributed by atoms with van der Waals surface area (Å²) < 4.78 is 28.8. The molecule has 5 rings (SSSR count). The predicted octanol–water partition coefficient (Wildman–Crippen LogP) is 5.82. The molecule has 2 aliphatic rings. The van der Waals surface area contributed by atoms with Gasteiger partial charge in [0.25, 0.3) is 5.91 Å². The Morgan fingerprint density at radius 1 is 0.949 bits per heavy atom. The largest absolute Gasteiger partial charge is 0.382 e. The van der Waals surface area contributed by atoms with E-state index >= 15 is 0 Å². The van der Waals surface area contributed by atoms with Gasteiger partial charge in [-0.15, -0.1) is 12.4 Å². The minimum Gasteiger partial charge on any atom is -0.382 e. The van der Waals surface area contributed by atoms with E-state index in [1.807, 2.05) is 48.5 Å². The highest BCUT2D eigenvalue weighted by atomic mass is 35.5. The summed E-state index contributed by atoms with van der Waals surface area (Å²) in [5.74, 6) is 0.874. The normalized spacial score (nSPS) is 18.8. The Balaban J connectivity index is 0.00000353. The minimum absolute atomic E-state index is 0. The Morgan fingerprint density at radius 2 is 1.69 bits per heavy atom. The van der Waals surface area contributed by atoms with E-state index in [0.717, 1.165) is 74.6 Å². The molecule has 1 N–H and O–H groups in total. The van der Waals surface area contributed by atoms with Gasteiger partial charge in [0.15, 0.2) is 0 Å². The molecule has 1 amide bonds. The van der Waals surface area contributed by atoms with Crippen LogP contribution in [0.2, 0.25) is 0 Å². The smallest absolute Gasteiger partial charge is 0.306 e. The second kappa shape index (κ2) is 13.0. The van der Waals surface area contributed by atoms with Crippen LogP contribution in [0.15, 0.2) is 72.8 Å². The van der Waals surface area contributed by atoms with Crippen LogP contribution in [-0.4, -0.2) is 51.2 Å². The highest BCUT2D eigenvalue weighted by molar-refractivity contribution is 7.86. The van der Waals surface area contributed by atoms with E-state index in [2.05, 4.69) is 28.4 Å². The van der Waals surface area contributed by atoms with Crippen LogP contribution in [0.3, 0.4) is 0 Å². The number of unbranched alkanes of at least 4 members (excludes halogenated alkanes) is 1. The molecule has 8 heteroatoms. The monoisotopic (exact) mass is 568 g/mol. The summed E-state index contributed by atoms with van der Waals surface area (Å²) in [6.45, 7) is 2.77. The summed E-state index contributed by atoms with van der Waals surface area (Å²) in [7, 11) is -3.55. The molecule has 6 nitrogen and oxygen atoms in total. The van der Waals surface area contributed by atoms with Crippen molar-refractivity contribution in [2.45, 2.75) is 50.5 Å². The summed E-state index contributed by atoms with van der Waals surface area (Å²) in [5, 5.41) is 3.07. The SMILES string of the molecule is CS(=O)(=O)Oc1cccc2c1CCC1C2CCCN1CCCCNC(=O)c1ccc(-c2ccccc2)cc1.Cl. The van der Waals surface area contributed by atoms with Gasteiger partial charge in [0.2, 0.25) is 0 Å². The molecule has 3 aromatic carbocycles. The third-order valence-electron chi connectivity index (χ3n) is 7.81. The molecule has 208 valence electrons. The first-order valence-corrected chi connectivity index (χ1v) is 15.4. The van der Waals surface area contributed by atoms with Crippen molar-refractivity contribution >= 4 is 28.4 Å². The van der Waals surface area contributed by atoms with Crippen LogP contribution in [-0.2, 0) is 16.5 Å². The fourth-order valence-corrected chi connectivity index (χ4v) is 6.55. The fraction of sp³-hybridized carbons (Fsp3) is 0.387. The van der Waals surface area contributed by atoms with Gasteiger partial charge in [0, 0.05) is 18.2 Å². The van der Waals surface area contributed by atoms with E-state index in [-0.39, 0.29) is 18.3 Å². The maximum absolute atomic E-state index is 12.6. The Morgan fingerprint density at radius 3 is 2.44 bits per heavy atom. The third kappa shape index (κ3) is 7.21. The summed E-state index contributed by atoms with van der Waals surface area (Å²) in [5.41, 5.74) is 5.23. The molecule has 1 aliphatic heterocycles. The topological polar surface area (TPSA) is 75.7 Å². The number of likely N-dealkylation sites (tertiary alicyclic amines) is 1. The zero-order valence-corrected chi connectivity index (χ0v) is 24.0. The number of hydrogen-bond acceptors (Lipinski definition) is 5. The number of nitrogens with one attached hydrogen (secondary N) is 1. The predicted molar refractivity (Wildman–Crippen MR) is 158 cm³/mol. The number of halogens is 1. The van der Waals surface area contributed by atoms with Gasteiger partial charge < -0.3 is 9.50 Å². The summed E-state index contributed by atoms with van der Waals surface area (Å²) in [6.07, 6.45) is 7.16. The Hall–Kier alpha value is -2.87. The summed E-state index contributed by atoms with van der Waals surface area (Å²) >= 11 is 0. The van der Waals surface area contributed by atoms with Gasteiger partial charge in [0.1, 0.15) is 5.75 Å². The zero-order valence-electron chi connectivity index (χ0n) is 22.3. The fourth-order valence-electron chi connectivity index (χ4n) is 6.07. The second-order valence-electron chi connectivity index (χ2n) is 10.4. The molecule has 1 fully saturated rings. The average molecular weight is 569 g/mol. The van der Waals surface area contributed by atoms with E-state index in [1.54, 1.807) is 6.07 Å². The third-order valence-corrected chi connectivity index (χ3v) is 8.29. The molecule has 39 heavy (non-hydrogen) atoms. The number of nitrogens with zero attached hydrogens (tertiary/aromatic N) is 1. The summed E-state index contributed by atoms with van der Waals surface area (Å²) in [6, 6.07) is 24.2. The van der Waals surface area contributed by atoms with Crippen molar-refractivity contribution in [2.75, 3.05) is 25.9 Å². The van der Waals surface area contributed by atoms with Gasteiger partial charge in [-0.2, -0.15) is 8.42 Å². The first kappa shape index (κ1) is 29.1. The van der Waals surface area contributed by atoms with E-state index < -0.39 is 10.1 Å². The van der Waals surface area contributed by atoms with Gasteiger partial charge >= 0.3 is 10.1 Å². The lowest BCUT2D eigenvalue weighted by atomic mass is 9.74. The van der Waals surface area contributed by atoms with Crippen molar-refractivity contribution in [3.05, 3.63) is 89.5 Å². The molecule has 3 aromatic rings. The lowest BCUT2D eigenvalue weighted by Crippen LogP contribution is -2.46. The van der Waals surface area contributed by atoms with Crippen LogP contribution in [0, 0.1) is 0 Å². The van der Waals surface area contributed by atoms with Crippen LogP contribution < -0.4 is 9.50 Å². The Labute approximate surface area is 238 Å². The lowest BCUT2D eigenvalue weighted by Gasteiger charge is -2.45. The van der Waals surface area contributed by atoms with Gasteiger partial charge in [-0.25, -0.2) is 0 Å². The molecule has 1 aliphatic carbocycles. The van der Waals surface area contributed by atoms with Crippen LogP contribution >= 0.6 is 12.4 Å². The molecule has 0 radical (unpaired) electrons. The van der Waals surface area contributed by atoms with E-state index in [4.69, 9.17) is 4.18 Å². The number of fused-ring (bicyclic) bond motifs is 3. The van der Waals surface area contributed by atoms with Gasteiger partial charge in [-0.3, -0.25) is 9.69 Å². The van der Waals surface area contributed by atoms with Crippen LogP contribution in [0.25, 0.3) is 11.1 Å². The van der Waals surface area contributed by atoms with Crippen LogP contribution in [0.5, 0.6) is 5.75 Å². The lowest BCUT2D eigenvalue weighted by molar-refractivity contribution is 0.0947. The first-order chi connectivity index (χ1) is 18.4. The molecule has 0 spiro atoms. The quantitative estimate of drug-likeness (QED) is 0.260. The maximum Gasteiger partial charge on any atom is 0.306 e. The number of benzene rings is 3. The molecule has 0 bridgehead atoms. The van der Waals surface area contributed by atoms with Crippen LogP contribution in [0.1, 0.15) is 59.5 Å². The minimum atomic E-state index is -3.55. The number of rotatable bonds is 9. The van der Waals surface area contributed by atoms with Gasteiger partial charge in [-0.1, -0.05) is 54.6 Å². The highest BCUT2D eigenvalue weighted by Gasteiger charge is 2.37. The molecule has 0 saturated carbocycles. The van der Waals surface area contributed by atoms with Crippen molar-refractivity contribution in [3.8, 4) is 16.9 Å². The van der Waals surface area contributed by atoms with Crippen molar-refractivity contribution in [3.63, 3.8) is 0 Å². The standard InChI is InChI=1S/C31H36N2O4S.ClH/c1-38(35,36)37-30-13-7-11-26-27-12-8-22-33(29(27)19-18-28(26)30)21-6-5-20-32-31(34)25-16-14-24(15-17-25)23-9-3-2-4-10-23;/h2-4,7,9-11,13-17,27,29H,5-6,8,12,18-22H2,1H3,(H,32,34);1H. The van der Waals surface area contributed by atoms with Gasteiger partial charge in [0.05, 0.1) is 6.26 Å². The molecular formula is C31H37ClN2O4S. The Kier molecular flexibility index (Phi) is 9.70. The molecule has 2 unspecified atom stereocenters. The number of amides is 1. The van der Waals surface area contributed by atoms with E-state index in [1.165, 1.54) is 5.56 Å². The number of carbonyl (C=O) groups is 1. The second-order valence-corrected chi connectivity index (χ2v) is 12.0. The molecule has 1 saturated heterocycles. The molecule has 0 aromatic heterocycles. The van der Waals surface area contributed by atoms with Gasteiger partial charge in [-0.05, 0) is 98.0 Å². The highest BCUT2D eigenvalue weighted by Crippen LogP contribution is 2.43. The van der Waals surface area contributed by atoms with E-state index in [0.29, 0.717) is 29.8 Å². The molecule has 2 atom stereocenters. The molecule has 1 heterocycles. The van der Waals surface area contributed by atoms with Crippen molar-refractivity contribution in [1.29, 1.82) is 0 Å². The van der Waals surface area contributed by atoms with Crippen molar-refractivity contribution < 1.29 is 17.4 Å². The number of piperidine rings is 1. The van der Waals surface area contributed by atoms with Crippen LogP contribution in [0.4, 0.5) is 0 Å². The number of carbonyl (C=O) groups excluding carboxylic acids is 1. The molecular weight excluding hydrogens is 532 g/mol. The maximum atomic E-state index is 12.6. The summed E-state index contributed by atoms with van der Waals surface area (Å²) in [4.78, 5) is 15.2. The number of hydrogen-bond donors (Lipinski definition) is 1. The van der Waals surface area contributed by atoms with E-state index in [9.17, 15) is 13.2 Å². The first-order valence-electron chi connectivity index (χ1n) is 13.6. The van der Waals surface area contributed by atoms with Crippen molar-refractivity contribution in [2.24, 2.45) is 0 Å². The zero-order chi connectivity index (χ0) is 26.5.